The van der Waals surface area contributed by atoms with Crippen LogP contribution in [0.15, 0.2) is 0 Å². The number of likely N-dealkylation sites (tertiary alicyclic amines) is 1. The molecule has 0 aromatic carbocycles. The predicted octanol–water partition coefficient (Wildman–Crippen LogP) is 2.29. The zero-order valence-electron chi connectivity index (χ0n) is 9.81. The zero-order valence-corrected chi connectivity index (χ0v) is 9.81. The molecule has 0 amide bonds. The molecule has 2 heterocycles. The van der Waals surface area contributed by atoms with Gasteiger partial charge >= 0.3 is 0 Å². The first-order chi connectivity index (χ1) is 6.52. The summed E-state index contributed by atoms with van der Waals surface area (Å²) in [6.45, 7) is 7.94. The van der Waals surface area contributed by atoms with E-state index in [9.17, 15) is 0 Å². The number of nitrogens with zero attached hydrogens (tertiary/aromatic N) is 1. The minimum atomic E-state index is 0.134. The van der Waals surface area contributed by atoms with Crippen LogP contribution in [0.25, 0.3) is 0 Å². The predicted molar refractivity (Wildman–Crippen MR) is 58.4 cm³/mol. The van der Waals surface area contributed by atoms with E-state index in [-0.39, 0.29) is 5.60 Å². The van der Waals surface area contributed by atoms with Crippen molar-refractivity contribution in [2.75, 3.05) is 26.7 Å². The molecule has 0 N–H and O–H groups in total. The van der Waals surface area contributed by atoms with E-state index in [0.29, 0.717) is 5.41 Å². The lowest BCUT2D eigenvalue weighted by atomic mass is 9.72. The Morgan fingerprint density at radius 2 is 1.64 bits per heavy atom. The summed E-state index contributed by atoms with van der Waals surface area (Å²) in [6, 6.07) is 0. The molecule has 0 aromatic heterocycles. The van der Waals surface area contributed by atoms with E-state index >= 15 is 0 Å². The van der Waals surface area contributed by atoms with Crippen LogP contribution in [0.4, 0.5) is 0 Å². The van der Waals surface area contributed by atoms with Gasteiger partial charge in [0, 0.05) is 0 Å². The zero-order chi connectivity index (χ0) is 10.2. The maximum absolute atomic E-state index is 5.98. The summed E-state index contributed by atoms with van der Waals surface area (Å²) in [5.41, 5.74) is 0.663. The molecule has 2 saturated heterocycles. The molecule has 1 spiro atoms. The van der Waals surface area contributed by atoms with E-state index < -0.39 is 0 Å². The molecule has 0 saturated carbocycles. The third-order valence-corrected chi connectivity index (χ3v) is 4.07. The highest BCUT2D eigenvalue weighted by Gasteiger charge is 2.40. The van der Waals surface area contributed by atoms with Crippen LogP contribution in [0.2, 0.25) is 0 Å². The van der Waals surface area contributed by atoms with Crippen LogP contribution < -0.4 is 0 Å². The maximum atomic E-state index is 5.98. The second-order valence-electron chi connectivity index (χ2n) is 5.85. The Morgan fingerprint density at radius 3 is 2.14 bits per heavy atom. The summed E-state index contributed by atoms with van der Waals surface area (Å²) in [5, 5.41) is 0. The van der Waals surface area contributed by atoms with Crippen molar-refractivity contribution in [1.29, 1.82) is 0 Å². The second-order valence-corrected chi connectivity index (χ2v) is 5.85. The number of piperidine rings is 1. The lowest BCUT2D eigenvalue weighted by Gasteiger charge is -2.47. The van der Waals surface area contributed by atoms with Gasteiger partial charge in [0.1, 0.15) is 0 Å². The Balaban J connectivity index is 1.93. The molecule has 2 heteroatoms. The van der Waals surface area contributed by atoms with Crippen molar-refractivity contribution in [2.45, 2.75) is 45.1 Å². The summed E-state index contributed by atoms with van der Waals surface area (Å²) in [7, 11) is 2.22. The third kappa shape index (κ3) is 2.12. The number of rotatable bonds is 0. The van der Waals surface area contributed by atoms with E-state index in [1.807, 2.05) is 0 Å². The summed E-state index contributed by atoms with van der Waals surface area (Å²) >= 11 is 0. The molecule has 14 heavy (non-hydrogen) atoms. The topological polar surface area (TPSA) is 12.5 Å². The van der Waals surface area contributed by atoms with Gasteiger partial charge in [0.15, 0.2) is 0 Å². The van der Waals surface area contributed by atoms with Crippen molar-refractivity contribution in [2.24, 2.45) is 5.41 Å². The van der Waals surface area contributed by atoms with Crippen LogP contribution in [0.5, 0.6) is 0 Å². The summed E-state index contributed by atoms with van der Waals surface area (Å²) in [6.07, 6.45) is 5.27. The van der Waals surface area contributed by atoms with Crippen molar-refractivity contribution in [3.8, 4) is 0 Å². The molecule has 2 rings (SSSR count). The van der Waals surface area contributed by atoms with E-state index in [2.05, 4.69) is 25.8 Å². The molecule has 2 aliphatic heterocycles. The first kappa shape index (κ1) is 10.4. The molecular formula is C12H23NO. The molecule has 0 aliphatic carbocycles. The molecule has 2 nitrogen and oxygen atoms in total. The van der Waals surface area contributed by atoms with Crippen LogP contribution in [0.1, 0.15) is 39.5 Å². The third-order valence-electron chi connectivity index (χ3n) is 4.07. The highest BCUT2D eigenvalue weighted by Crippen LogP contribution is 2.42. The van der Waals surface area contributed by atoms with E-state index in [0.717, 1.165) is 6.61 Å². The van der Waals surface area contributed by atoms with E-state index in [1.54, 1.807) is 0 Å². The molecule has 82 valence electrons. The van der Waals surface area contributed by atoms with Crippen molar-refractivity contribution in [3.63, 3.8) is 0 Å². The molecule has 0 bridgehead atoms. The van der Waals surface area contributed by atoms with Crippen molar-refractivity contribution in [1.82, 2.24) is 4.90 Å². The molecule has 0 radical (unpaired) electrons. The maximum Gasteiger partial charge on any atom is 0.0627 e. The number of hydrogen-bond donors (Lipinski definition) is 0. The molecule has 0 atom stereocenters. The van der Waals surface area contributed by atoms with Crippen LogP contribution in [0.3, 0.4) is 0 Å². The normalized spacial score (nSPS) is 31.9. The number of ether oxygens (including phenoxy) is 1. The van der Waals surface area contributed by atoms with Crippen molar-refractivity contribution in [3.05, 3.63) is 0 Å². The summed E-state index contributed by atoms with van der Waals surface area (Å²) in [5.74, 6) is 0. The SMILES string of the molecule is CN1CCC2(CC1)CCC(C)(C)OC2. The Bertz CT molecular complexity index is 192. The van der Waals surface area contributed by atoms with Crippen LogP contribution in [-0.2, 0) is 4.74 Å². The minimum absolute atomic E-state index is 0.134. The Kier molecular flexibility index (Phi) is 2.61. The van der Waals surface area contributed by atoms with Crippen molar-refractivity contribution >= 4 is 0 Å². The van der Waals surface area contributed by atoms with Gasteiger partial charge in [0.05, 0.1) is 12.2 Å². The molecule has 2 fully saturated rings. The van der Waals surface area contributed by atoms with Crippen LogP contribution in [0, 0.1) is 5.41 Å². The Morgan fingerprint density at radius 1 is 1.00 bits per heavy atom. The monoisotopic (exact) mass is 197 g/mol. The molecular weight excluding hydrogens is 174 g/mol. The van der Waals surface area contributed by atoms with Crippen LogP contribution >= 0.6 is 0 Å². The highest BCUT2D eigenvalue weighted by atomic mass is 16.5. The average molecular weight is 197 g/mol. The average Bonchev–Trinajstić information content (AvgIpc) is 2.16. The lowest BCUT2D eigenvalue weighted by Crippen LogP contribution is -2.47. The van der Waals surface area contributed by atoms with Gasteiger partial charge in [-0.05, 0) is 65.1 Å². The highest BCUT2D eigenvalue weighted by molar-refractivity contribution is 4.91. The smallest absolute Gasteiger partial charge is 0.0627 e. The van der Waals surface area contributed by atoms with Gasteiger partial charge in [0.2, 0.25) is 0 Å². The fourth-order valence-corrected chi connectivity index (χ4v) is 2.55. The molecule has 0 unspecified atom stereocenters. The lowest BCUT2D eigenvalue weighted by molar-refractivity contribution is -0.128. The summed E-state index contributed by atoms with van der Waals surface area (Å²) < 4.78 is 5.98. The standard InChI is InChI=1S/C12H23NO/c1-11(2)4-5-12(10-14-11)6-8-13(3)9-7-12/h4-10H2,1-3H3. The first-order valence-corrected chi connectivity index (χ1v) is 5.84. The van der Waals surface area contributed by atoms with Gasteiger partial charge in [-0.25, -0.2) is 0 Å². The Labute approximate surface area is 87.6 Å². The molecule has 0 aromatic rings. The molecule has 2 aliphatic rings. The Hall–Kier alpha value is -0.0800. The van der Waals surface area contributed by atoms with Crippen molar-refractivity contribution < 1.29 is 4.74 Å². The van der Waals surface area contributed by atoms with Crippen LogP contribution in [-0.4, -0.2) is 37.2 Å². The second kappa shape index (κ2) is 3.49. The minimum Gasteiger partial charge on any atom is -0.375 e. The largest absolute Gasteiger partial charge is 0.375 e. The van der Waals surface area contributed by atoms with Gasteiger partial charge in [-0.1, -0.05) is 0 Å². The van der Waals surface area contributed by atoms with Gasteiger partial charge in [-0.2, -0.15) is 0 Å². The number of hydrogen-bond acceptors (Lipinski definition) is 2. The fourth-order valence-electron chi connectivity index (χ4n) is 2.55. The summed E-state index contributed by atoms with van der Waals surface area (Å²) in [4.78, 5) is 2.44. The van der Waals surface area contributed by atoms with Gasteiger partial charge < -0.3 is 9.64 Å². The van der Waals surface area contributed by atoms with Gasteiger partial charge in [-0.15, -0.1) is 0 Å². The van der Waals surface area contributed by atoms with Gasteiger partial charge in [0.25, 0.3) is 0 Å². The van der Waals surface area contributed by atoms with E-state index in [1.165, 1.54) is 38.8 Å². The fraction of sp³-hybridized carbons (Fsp3) is 1.00. The first-order valence-electron chi connectivity index (χ1n) is 5.84. The van der Waals surface area contributed by atoms with E-state index in [4.69, 9.17) is 4.74 Å². The quantitative estimate of drug-likeness (QED) is 0.591. The van der Waals surface area contributed by atoms with Gasteiger partial charge in [-0.3, -0.25) is 0 Å².